The molecule has 1 saturated heterocycles. The molecule has 1 N–H and O–H groups in total. The summed E-state index contributed by atoms with van der Waals surface area (Å²) in [5.41, 5.74) is 0.810. The van der Waals surface area contributed by atoms with Crippen molar-refractivity contribution in [1.82, 2.24) is 15.3 Å². The zero-order chi connectivity index (χ0) is 13.9. The van der Waals surface area contributed by atoms with Crippen LogP contribution in [0.15, 0.2) is 6.07 Å². The number of anilines is 1. The molecule has 1 aliphatic heterocycles. The van der Waals surface area contributed by atoms with Crippen LogP contribution in [-0.2, 0) is 0 Å². The third-order valence-corrected chi connectivity index (χ3v) is 2.83. The largest absolute Gasteiger partial charge is 0.354 e. The molecule has 0 aromatic carbocycles. The number of hydrogen-bond acceptors (Lipinski definition) is 4. The number of aromatic nitrogens is 2. The molecule has 2 heterocycles. The first-order chi connectivity index (χ1) is 8.94. The van der Waals surface area contributed by atoms with Gasteiger partial charge in [-0.2, -0.15) is 0 Å². The third kappa shape index (κ3) is 4.22. The Hall–Kier alpha value is -1.60. The number of hydrogen-bond donors (Lipinski definition) is 1. The molecule has 0 amide bonds. The van der Waals surface area contributed by atoms with Crippen molar-refractivity contribution in [3.05, 3.63) is 17.6 Å². The van der Waals surface area contributed by atoms with Crippen LogP contribution in [0.25, 0.3) is 0 Å². The van der Waals surface area contributed by atoms with Crippen LogP contribution in [0.3, 0.4) is 0 Å². The van der Waals surface area contributed by atoms with E-state index in [1.807, 2.05) is 13.0 Å². The van der Waals surface area contributed by atoms with Gasteiger partial charge in [0.1, 0.15) is 17.3 Å². The summed E-state index contributed by atoms with van der Waals surface area (Å²) in [6, 6.07) is 2.00. The van der Waals surface area contributed by atoms with Crippen molar-refractivity contribution >= 4 is 5.82 Å². The molecule has 0 saturated carbocycles. The standard InChI is InChI=1S/C15H22N4/c1-12-17-13(5-6-15(2,3)4)11-14(18-12)19-9-7-16-8-10-19/h11,16H,7-10H2,1-4H3. The second-order valence-electron chi connectivity index (χ2n) is 5.90. The van der Waals surface area contributed by atoms with E-state index in [4.69, 9.17) is 0 Å². The maximum Gasteiger partial charge on any atom is 0.133 e. The molecular weight excluding hydrogens is 236 g/mol. The fourth-order valence-corrected chi connectivity index (χ4v) is 1.92. The van der Waals surface area contributed by atoms with E-state index >= 15 is 0 Å². The Morgan fingerprint density at radius 1 is 1.21 bits per heavy atom. The number of nitrogens with zero attached hydrogens (tertiary/aromatic N) is 3. The van der Waals surface area contributed by atoms with E-state index in [0.717, 1.165) is 43.5 Å². The van der Waals surface area contributed by atoms with Gasteiger partial charge in [-0.15, -0.1) is 0 Å². The van der Waals surface area contributed by atoms with Gasteiger partial charge in [-0.25, -0.2) is 9.97 Å². The van der Waals surface area contributed by atoms with Gasteiger partial charge in [0, 0.05) is 37.7 Å². The van der Waals surface area contributed by atoms with Crippen molar-refractivity contribution < 1.29 is 0 Å². The van der Waals surface area contributed by atoms with Crippen LogP contribution in [0, 0.1) is 24.2 Å². The van der Waals surface area contributed by atoms with Crippen molar-refractivity contribution in [3.8, 4) is 11.8 Å². The van der Waals surface area contributed by atoms with E-state index < -0.39 is 0 Å². The summed E-state index contributed by atoms with van der Waals surface area (Å²) >= 11 is 0. The lowest BCUT2D eigenvalue weighted by Gasteiger charge is -2.28. The first kappa shape index (κ1) is 13.8. The van der Waals surface area contributed by atoms with E-state index in [2.05, 4.69) is 52.8 Å². The average molecular weight is 258 g/mol. The molecule has 2 rings (SSSR count). The molecule has 0 atom stereocenters. The normalized spacial score (nSPS) is 15.9. The fraction of sp³-hybridized carbons (Fsp3) is 0.600. The lowest BCUT2D eigenvalue weighted by Crippen LogP contribution is -2.44. The maximum atomic E-state index is 4.52. The number of aryl methyl sites for hydroxylation is 1. The van der Waals surface area contributed by atoms with Gasteiger partial charge in [0.15, 0.2) is 0 Å². The van der Waals surface area contributed by atoms with E-state index in [0.29, 0.717) is 0 Å². The van der Waals surface area contributed by atoms with Gasteiger partial charge in [0.05, 0.1) is 0 Å². The minimum Gasteiger partial charge on any atom is -0.354 e. The highest BCUT2D eigenvalue weighted by atomic mass is 15.2. The Balaban J connectivity index is 2.25. The Morgan fingerprint density at radius 3 is 2.53 bits per heavy atom. The molecule has 0 bridgehead atoms. The van der Waals surface area contributed by atoms with E-state index in [9.17, 15) is 0 Å². The van der Waals surface area contributed by atoms with Crippen LogP contribution < -0.4 is 10.2 Å². The smallest absolute Gasteiger partial charge is 0.133 e. The second-order valence-corrected chi connectivity index (χ2v) is 5.90. The average Bonchev–Trinajstić information content (AvgIpc) is 2.36. The molecule has 0 aliphatic carbocycles. The summed E-state index contributed by atoms with van der Waals surface area (Å²) in [5.74, 6) is 8.17. The number of nitrogens with one attached hydrogen (secondary N) is 1. The third-order valence-electron chi connectivity index (χ3n) is 2.83. The minimum absolute atomic E-state index is 0.00589. The van der Waals surface area contributed by atoms with Gasteiger partial charge in [-0.3, -0.25) is 0 Å². The fourth-order valence-electron chi connectivity index (χ4n) is 1.92. The van der Waals surface area contributed by atoms with E-state index in [1.165, 1.54) is 0 Å². The summed E-state index contributed by atoms with van der Waals surface area (Å²) in [5, 5.41) is 3.35. The van der Waals surface area contributed by atoms with Crippen molar-refractivity contribution in [2.45, 2.75) is 27.7 Å². The van der Waals surface area contributed by atoms with Crippen LogP contribution in [0.5, 0.6) is 0 Å². The Morgan fingerprint density at radius 2 is 1.89 bits per heavy atom. The van der Waals surface area contributed by atoms with Gasteiger partial charge in [-0.05, 0) is 33.6 Å². The van der Waals surface area contributed by atoms with Crippen molar-refractivity contribution in [2.75, 3.05) is 31.1 Å². The van der Waals surface area contributed by atoms with Crippen molar-refractivity contribution in [1.29, 1.82) is 0 Å². The predicted octanol–water partition coefficient (Wildman–Crippen LogP) is 1.59. The van der Waals surface area contributed by atoms with Gasteiger partial charge in [0.25, 0.3) is 0 Å². The number of rotatable bonds is 1. The molecule has 4 nitrogen and oxygen atoms in total. The van der Waals surface area contributed by atoms with Gasteiger partial charge in [-0.1, -0.05) is 5.92 Å². The Labute approximate surface area is 115 Å². The zero-order valence-electron chi connectivity index (χ0n) is 12.2. The summed E-state index contributed by atoms with van der Waals surface area (Å²) in [6.07, 6.45) is 0. The molecule has 1 aromatic rings. The van der Waals surface area contributed by atoms with E-state index in [-0.39, 0.29) is 5.41 Å². The molecule has 19 heavy (non-hydrogen) atoms. The number of piperazine rings is 1. The summed E-state index contributed by atoms with van der Waals surface area (Å²) in [6.45, 7) is 12.2. The second kappa shape index (κ2) is 5.58. The van der Waals surface area contributed by atoms with E-state index in [1.54, 1.807) is 0 Å². The van der Waals surface area contributed by atoms with Crippen LogP contribution in [0.4, 0.5) is 5.82 Å². The highest BCUT2D eigenvalue weighted by Gasteiger charge is 2.13. The molecule has 1 fully saturated rings. The quantitative estimate of drug-likeness (QED) is 0.777. The molecular formula is C15H22N4. The predicted molar refractivity (Wildman–Crippen MR) is 78.2 cm³/mol. The summed E-state index contributed by atoms with van der Waals surface area (Å²) < 4.78 is 0. The Kier molecular flexibility index (Phi) is 4.06. The topological polar surface area (TPSA) is 41.1 Å². The summed E-state index contributed by atoms with van der Waals surface area (Å²) in [7, 11) is 0. The minimum atomic E-state index is -0.00589. The first-order valence-corrected chi connectivity index (χ1v) is 6.78. The van der Waals surface area contributed by atoms with Gasteiger partial charge in [0.2, 0.25) is 0 Å². The maximum absolute atomic E-state index is 4.52. The van der Waals surface area contributed by atoms with Crippen LogP contribution in [-0.4, -0.2) is 36.1 Å². The molecule has 1 aromatic heterocycles. The summed E-state index contributed by atoms with van der Waals surface area (Å²) in [4.78, 5) is 11.2. The molecule has 0 spiro atoms. The lowest BCUT2D eigenvalue weighted by molar-refractivity contribution is 0.571. The molecule has 1 aliphatic rings. The molecule has 102 valence electrons. The van der Waals surface area contributed by atoms with Crippen LogP contribution in [0.1, 0.15) is 32.3 Å². The van der Waals surface area contributed by atoms with Crippen LogP contribution in [0.2, 0.25) is 0 Å². The van der Waals surface area contributed by atoms with Gasteiger partial charge < -0.3 is 10.2 Å². The monoisotopic (exact) mass is 258 g/mol. The highest BCUT2D eigenvalue weighted by molar-refractivity contribution is 5.45. The van der Waals surface area contributed by atoms with Gasteiger partial charge >= 0.3 is 0 Å². The van der Waals surface area contributed by atoms with Crippen molar-refractivity contribution in [3.63, 3.8) is 0 Å². The Bertz CT molecular complexity index is 499. The SMILES string of the molecule is Cc1nc(C#CC(C)(C)C)cc(N2CCNCC2)n1. The zero-order valence-corrected chi connectivity index (χ0v) is 12.2. The highest BCUT2D eigenvalue weighted by Crippen LogP contribution is 2.14. The molecule has 4 heteroatoms. The molecule has 0 radical (unpaired) electrons. The molecule has 0 unspecified atom stereocenters. The van der Waals surface area contributed by atoms with Crippen LogP contribution >= 0.6 is 0 Å². The first-order valence-electron chi connectivity index (χ1n) is 6.78. The van der Waals surface area contributed by atoms with Crippen molar-refractivity contribution in [2.24, 2.45) is 5.41 Å². The lowest BCUT2D eigenvalue weighted by atomic mass is 9.98.